The summed E-state index contributed by atoms with van der Waals surface area (Å²) >= 11 is 0. The molecule has 0 spiro atoms. The van der Waals surface area contributed by atoms with Crippen LogP contribution in [0.25, 0.3) is 0 Å². The lowest BCUT2D eigenvalue weighted by Crippen LogP contribution is -2.48. The van der Waals surface area contributed by atoms with Crippen LogP contribution in [0, 0.1) is 0 Å². The summed E-state index contributed by atoms with van der Waals surface area (Å²) in [6.45, 7) is 1.19. The third-order valence-corrected chi connectivity index (χ3v) is 5.97. The van der Waals surface area contributed by atoms with Gasteiger partial charge in [-0.1, -0.05) is 0 Å². The molecule has 1 saturated heterocycles. The molecule has 1 fully saturated rings. The highest BCUT2D eigenvalue weighted by Crippen LogP contribution is 2.34. The molecule has 0 atom stereocenters. The highest BCUT2D eigenvalue weighted by molar-refractivity contribution is 7.89. The number of likely N-dealkylation sites (N-methyl/N-ethyl adjacent to an activating group) is 1. The van der Waals surface area contributed by atoms with Crippen LogP contribution in [-0.4, -0.2) is 69.8 Å². The Morgan fingerprint density at radius 2 is 1.87 bits per heavy atom. The fourth-order valence-corrected chi connectivity index (χ4v) is 4.05. The lowest BCUT2D eigenvalue weighted by atomic mass is 10.2. The number of hydrogen-bond acceptors (Lipinski definition) is 5. The SMILES string of the molecule is CN1C(=O)COc2ccc(S(=O)(=O)N3CCN(C=O)CC3)cc21. The highest BCUT2D eigenvalue weighted by atomic mass is 32.2. The van der Waals surface area contributed by atoms with E-state index in [1.807, 2.05) is 0 Å². The van der Waals surface area contributed by atoms with E-state index in [9.17, 15) is 18.0 Å². The molecule has 1 aromatic carbocycles. The molecule has 2 aliphatic heterocycles. The zero-order valence-corrected chi connectivity index (χ0v) is 13.5. The van der Waals surface area contributed by atoms with Crippen molar-refractivity contribution in [3.63, 3.8) is 0 Å². The Labute approximate surface area is 134 Å². The first-order valence-corrected chi connectivity index (χ1v) is 8.60. The minimum absolute atomic E-state index is 0.0523. The van der Waals surface area contributed by atoms with Gasteiger partial charge in [-0.15, -0.1) is 0 Å². The number of benzene rings is 1. The van der Waals surface area contributed by atoms with E-state index in [0.717, 1.165) is 6.41 Å². The zero-order valence-electron chi connectivity index (χ0n) is 12.6. The Morgan fingerprint density at radius 3 is 2.52 bits per heavy atom. The first-order chi connectivity index (χ1) is 10.9. The fourth-order valence-electron chi connectivity index (χ4n) is 2.61. The maximum absolute atomic E-state index is 12.7. The largest absolute Gasteiger partial charge is 0.482 e. The van der Waals surface area contributed by atoms with E-state index >= 15 is 0 Å². The average Bonchev–Trinajstić information content (AvgIpc) is 2.58. The monoisotopic (exact) mass is 339 g/mol. The van der Waals surface area contributed by atoms with Crippen LogP contribution in [0.15, 0.2) is 23.1 Å². The van der Waals surface area contributed by atoms with E-state index in [0.29, 0.717) is 24.5 Å². The Hall–Kier alpha value is -2.13. The molecule has 2 aliphatic rings. The molecule has 8 nitrogen and oxygen atoms in total. The maximum atomic E-state index is 12.7. The Morgan fingerprint density at radius 1 is 1.17 bits per heavy atom. The molecule has 1 aromatic rings. The standard InChI is InChI=1S/C14H17N3O5S/c1-15-12-8-11(2-3-13(12)22-9-14(15)19)23(20,21)17-6-4-16(10-18)5-7-17/h2-3,8,10H,4-7,9H2,1H3. The number of anilines is 1. The molecule has 0 saturated carbocycles. The van der Waals surface area contributed by atoms with Crippen LogP contribution in [0.4, 0.5) is 5.69 Å². The number of ether oxygens (including phenoxy) is 1. The third-order valence-electron chi connectivity index (χ3n) is 4.08. The number of sulfonamides is 1. The Balaban J connectivity index is 1.89. The molecule has 0 radical (unpaired) electrons. The van der Waals surface area contributed by atoms with Gasteiger partial charge in [0, 0.05) is 33.2 Å². The van der Waals surface area contributed by atoms with Crippen molar-refractivity contribution in [2.45, 2.75) is 4.90 Å². The molecule has 0 aliphatic carbocycles. The first-order valence-electron chi connectivity index (χ1n) is 7.16. The van der Waals surface area contributed by atoms with Gasteiger partial charge in [0.05, 0.1) is 10.6 Å². The molecular formula is C14H17N3O5S. The quantitative estimate of drug-likeness (QED) is 0.693. The predicted octanol–water partition coefficient (Wildman–Crippen LogP) is -0.495. The minimum atomic E-state index is -3.67. The number of carbonyl (C=O) groups excluding carboxylic acids is 2. The van der Waals surface area contributed by atoms with Crippen molar-refractivity contribution in [2.75, 3.05) is 44.7 Å². The number of piperazine rings is 1. The van der Waals surface area contributed by atoms with Gasteiger partial charge in [-0.2, -0.15) is 4.31 Å². The van der Waals surface area contributed by atoms with Crippen LogP contribution >= 0.6 is 0 Å². The van der Waals surface area contributed by atoms with Gasteiger partial charge in [0.2, 0.25) is 16.4 Å². The summed E-state index contributed by atoms with van der Waals surface area (Å²) in [6.07, 6.45) is 0.723. The van der Waals surface area contributed by atoms with Gasteiger partial charge in [0.25, 0.3) is 5.91 Å². The molecule has 2 amide bonds. The van der Waals surface area contributed by atoms with Crippen LogP contribution in [-0.2, 0) is 19.6 Å². The van der Waals surface area contributed by atoms with Crippen LogP contribution in [0.3, 0.4) is 0 Å². The Bertz CT molecular complexity index is 741. The van der Waals surface area contributed by atoms with Crippen LogP contribution in [0.2, 0.25) is 0 Å². The number of nitrogens with zero attached hydrogens (tertiary/aromatic N) is 3. The van der Waals surface area contributed by atoms with Gasteiger partial charge in [0.15, 0.2) is 6.61 Å². The zero-order chi connectivity index (χ0) is 16.6. The fraction of sp³-hybridized carbons (Fsp3) is 0.429. The number of rotatable bonds is 3. The van der Waals surface area contributed by atoms with Crippen molar-refractivity contribution in [3.8, 4) is 5.75 Å². The number of amides is 2. The van der Waals surface area contributed by atoms with Crippen molar-refractivity contribution in [2.24, 2.45) is 0 Å². The van der Waals surface area contributed by atoms with Crippen molar-refractivity contribution in [3.05, 3.63) is 18.2 Å². The lowest BCUT2D eigenvalue weighted by molar-refractivity contribution is -0.121. The van der Waals surface area contributed by atoms with Gasteiger partial charge in [-0.25, -0.2) is 8.42 Å². The number of carbonyl (C=O) groups is 2. The minimum Gasteiger partial charge on any atom is -0.482 e. The summed E-state index contributed by atoms with van der Waals surface area (Å²) in [7, 11) is -2.08. The summed E-state index contributed by atoms with van der Waals surface area (Å²) in [5.41, 5.74) is 0.439. The van der Waals surface area contributed by atoms with Gasteiger partial charge in [-0.3, -0.25) is 9.59 Å². The summed E-state index contributed by atoms with van der Waals surface area (Å²) in [5, 5.41) is 0. The molecule has 3 rings (SSSR count). The van der Waals surface area contributed by atoms with E-state index in [1.54, 1.807) is 18.0 Å². The van der Waals surface area contributed by atoms with Gasteiger partial charge >= 0.3 is 0 Å². The molecule has 9 heteroatoms. The van der Waals surface area contributed by atoms with E-state index in [4.69, 9.17) is 4.74 Å². The normalized spacial score (nSPS) is 19.3. The summed E-state index contributed by atoms with van der Waals surface area (Å²) in [5.74, 6) is 0.253. The highest BCUT2D eigenvalue weighted by Gasteiger charge is 2.30. The van der Waals surface area contributed by atoms with E-state index in [2.05, 4.69) is 0 Å². The first kappa shape index (κ1) is 15.8. The van der Waals surface area contributed by atoms with Crippen LogP contribution in [0.5, 0.6) is 5.75 Å². The summed E-state index contributed by atoms with van der Waals surface area (Å²) in [6, 6.07) is 4.49. The lowest BCUT2D eigenvalue weighted by Gasteiger charge is -2.32. The van der Waals surface area contributed by atoms with Gasteiger partial charge in [0.1, 0.15) is 5.75 Å². The molecule has 23 heavy (non-hydrogen) atoms. The van der Waals surface area contributed by atoms with Crippen molar-refractivity contribution >= 4 is 28.0 Å². The van der Waals surface area contributed by atoms with E-state index in [1.165, 1.54) is 21.3 Å². The van der Waals surface area contributed by atoms with Crippen LogP contribution < -0.4 is 9.64 Å². The van der Waals surface area contributed by atoms with E-state index < -0.39 is 10.0 Å². The predicted molar refractivity (Wildman–Crippen MR) is 81.7 cm³/mol. The van der Waals surface area contributed by atoms with Gasteiger partial charge < -0.3 is 14.5 Å². The topological polar surface area (TPSA) is 87.2 Å². The second kappa shape index (κ2) is 5.82. The molecule has 124 valence electrons. The van der Waals surface area contributed by atoms with Crippen molar-refractivity contribution in [1.82, 2.24) is 9.21 Å². The third kappa shape index (κ3) is 2.77. The second-order valence-electron chi connectivity index (χ2n) is 5.42. The molecule has 2 heterocycles. The summed E-state index contributed by atoms with van der Waals surface area (Å²) in [4.78, 5) is 25.5. The van der Waals surface area contributed by atoms with Gasteiger partial charge in [-0.05, 0) is 18.2 Å². The van der Waals surface area contributed by atoms with Crippen LogP contribution in [0.1, 0.15) is 0 Å². The second-order valence-corrected chi connectivity index (χ2v) is 7.35. The molecule has 0 bridgehead atoms. The van der Waals surface area contributed by atoms with Crippen molar-refractivity contribution in [1.29, 1.82) is 0 Å². The average molecular weight is 339 g/mol. The molecule has 0 aromatic heterocycles. The molecular weight excluding hydrogens is 322 g/mol. The maximum Gasteiger partial charge on any atom is 0.264 e. The number of fused-ring (bicyclic) bond motifs is 1. The smallest absolute Gasteiger partial charge is 0.264 e. The molecule has 0 N–H and O–H groups in total. The van der Waals surface area contributed by atoms with Crippen molar-refractivity contribution < 1.29 is 22.7 Å². The molecule has 0 unspecified atom stereocenters. The van der Waals surface area contributed by atoms with E-state index in [-0.39, 0.29) is 30.5 Å². The Kier molecular flexibility index (Phi) is 3.99. The summed E-state index contributed by atoms with van der Waals surface area (Å²) < 4.78 is 32.1. The number of hydrogen-bond donors (Lipinski definition) is 0.